The molecule has 3 nitrogen and oxygen atoms in total. The van der Waals surface area contributed by atoms with Crippen molar-refractivity contribution < 1.29 is 24.5 Å². The van der Waals surface area contributed by atoms with Gasteiger partial charge >= 0.3 is 0 Å². The molecule has 0 saturated heterocycles. The third-order valence-electron chi connectivity index (χ3n) is 6.95. The Balaban J connectivity index is 0.00000280. The van der Waals surface area contributed by atoms with Crippen molar-refractivity contribution in [1.82, 2.24) is 9.55 Å². The molecule has 2 aromatic heterocycles. The topological polar surface area (TPSA) is 31.0 Å². The van der Waals surface area contributed by atoms with Crippen molar-refractivity contribution in [2.45, 2.75) is 39.5 Å². The molecule has 0 N–H and O–H groups in total. The van der Waals surface area contributed by atoms with Gasteiger partial charge in [-0.3, -0.25) is 4.98 Å². The van der Waals surface area contributed by atoms with E-state index in [1.54, 1.807) is 0 Å². The fourth-order valence-corrected chi connectivity index (χ4v) is 5.13. The molecule has 0 atom stereocenters. The van der Waals surface area contributed by atoms with Gasteiger partial charge in [0.05, 0.1) is 16.9 Å². The van der Waals surface area contributed by atoms with Gasteiger partial charge in [-0.2, -0.15) is 0 Å². The van der Waals surface area contributed by atoms with Crippen molar-refractivity contribution in [2.75, 3.05) is 0 Å². The van der Waals surface area contributed by atoms with E-state index in [0.717, 1.165) is 33.4 Å². The monoisotopic (exact) mass is 662 g/mol. The summed E-state index contributed by atoms with van der Waals surface area (Å²) in [6.07, 6.45) is 3.18. The molecule has 0 amide bonds. The van der Waals surface area contributed by atoms with Crippen LogP contribution >= 0.6 is 0 Å². The molecule has 0 aliphatic heterocycles. The summed E-state index contributed by atoms with van der Waals surface area (Å²) in [4.78, 5) is 5.13. The fraction of sp³-hybridized carbons (Fsp3) is 0.182. The van der Waals surface area contributed by atoms with Gasteiger partial charge in [0.25, 0.3) is 0 Å². The van der Waals surface area contributed by atoms with Gasteiger partial charge in [-0.05, 0) is 58.4 Å². The number of hydrogen-bond donors (Lipinski definition) is 0. The molecule has 6 rings (SSSR count). The van der Waals surface area contributed by atoms with Crippen LogP contribution in [-0.4, -0.2) is 9.55 Å². The molecule has 6 aromatic rings. The molecular formula is C33H29IrN2O-. The van der Waals surface area contributed by atoms with Gasteiger partial charge in [0.1, 0.15) is 0 Å². The number of nitrogens with zero attached hydrogens (tertiary/aromatic N) is 2. The molecular weight excluding hydrogens is 633 g/mol. The number of aromatic nitrogens is 2. The summed E-state index contributed by atoms with van der Waals surface area (Å²) in [5.41, 5.74) is 10.1. The minimum absolute atomic E-state index is 0. The molecule has 2 heterocycles. The Morgan fingerprint density at radius 2 is 1.35 bits per heavy atom. The molecule has 0 bridgehead atoms. The predicted molar refractivity (Wildman–Crippen MR) is 149 cm³/mol. The van der Waals surface area contributed by atoms with Crippen LogP contribution in [-0.2, 0) is 20.1 Å². The molecule has 187 valence electrons. The van der Waals surface area contributed by atoms with Crippen LogP contribution < -0.4 is 0 Å². The van der Waals surface area contributed by atoms with E-state index < -0.39 is 0 Å². The number of imidazole rings is 1. The molecule has 37 heavy (non-hydrogen) atoms. The SMILES string of the molecule is CC(C)c1cc(-c2ccccc2)cc(C(C)C)c1-n1c(-c2[c-]oc3ccccc23)nc2ccccc21.[Ir]. The summed E-state index contributed by atoms with van der Waals surface area (Å²) in [5, 5.41) is 1.02. The Bertz CT molecular complexity index is 1660. The van der Waals surface area contributed by atoms with Crippen molar-refractivity contribution in [3.63, 3.8) is 0 Å². The molecule has 4 aromatic carbocycles. The van der Waals surface area contributed by atoms with E-state index in [0.29, 0.717) is 11.8 Å². The number of para-hydroxylation sites is 3. The Kier molecular flexibility index (Phi) is 6.90. The zero-order chi connectivity index (χ0) is 24.8. The van der Waals surface area contributed by atoms with Gasteiger partial charge < -0.3 is 8.98 Å². The first kappa shape index (κ1) is 25.2. The van der Waals surface area contributed by atoms with E-state index in [-0.39, 0.29) is 20.1 Å². The first-order valence-corrected chi connectivity index (χ1v) is 12.6. The quantitative estimate of drug-likeness (QED) is 0.173. The summed E-state index contributed by atoms with van der Waals surface area (Å²) < 4.78 is 8.18. The van der Waals surface area contributed by atoms with Crippen molar-refractivity contribution in [1.29, 1.82) is 0 Å². The van der Waals surface area contributed by atoms with E-state index in [4.69, 9.17) is 9.40 Å². The van der Waals surface area contributed by atoms with Gasteiger partial charge in [-0.15, -0.1) is 6.07 Å². The minimum Gasteiger partial charge on any atom is -0.557 e. The average Bonchev–Trinajstić information content (AvgIpc) is 3.49. The first-order valence-electron chi connectivity index (χ1n) is 12.6. The Hall–Kier alpha value is -3.46. The Labute approximate surface area is 231 Å². The molecule has 0 aliphatic rings. The number of furan rings is 1. The molecule has 0 unspecified atom stereocenters. The van der Waals surface area contributed by atoms with E-state index >= 15 is 0 Å². The molecule has 0 aliphatic carbocycles. The smallest absolute Gasteiger partial charge is 0.0774 e. The predicted octanol–water partition coefficient (Wildman–Crippen LogP) is 9.15. The maximum absolute atomic E-state index is 5.84. The second kappa shape index (κ2) is 10.1. The van der Waals surface area contributed by atoms with E-state index in [1.165, 1.54) is 27.9 Å². The third kappa shape index (κ3) is 4.35. The van der Waals surface area contributed by atoms with E-state index in [2.05, 4.69) is 105 Å². The maximum atomic E-state index is 5.84. The number of hydrogen-bond acceptors (Lipinski definition) is 2. The minimum atomic E-state index is 0. The second-order valence-corrected chi connectivity index (χ2v) is 10.0. The van der Waals surface area contributed by atoms with Crippen LogP contribution in [0.4, 0.5) is 0 Å². The third-order valence-corrected chi connectivity index (χ3v) is 6.95. The number of benzene rings is 4. The van der Waals surface area contributed by atoms with Crippen LogP contribution in [0.1, 0.15) is 50.7 Å². The van der Waals surface area contributed by atoms with Crippen LogP contribution in [0.2, 0.25) is 0 Å². The Morgan fingerprint density at radius 1 is 0.730 bits per heavy atom. The molecule has 1 radical (unpaired) electrons. The molecule has 4 heteroatoms. The zero-order valence-corrected chi connectivity index (χ0v) is 23.8. The normalized spacial score (nSPS) is 11.5. The van der Waals surface area contributed by atoms with Crippen LogP contribution in [0.15, 0.2) is 95.4 Å². The van der Waals surface area contributed by atoms with Gasteiger partial charge in [0.15, 0.2) is 0 Å². The van der Waals surface area contributed by atoms with Crippen LogP contribution in [0.5, 0.6) is 0 Å². The molecule has 0 fully saturated rings. The van der Waals surface area contributed by atoms with Crippen LogP contribution in [0, 0.1) is 6.26 Å². The van der Waals surface area contributed by atoms with Crippen LogP contribution in [0.25, 0.3) is 50.2 Å². The molecule has 0 saturated carbocycles. The summed E-state index contributed by atoms with van der Waals surface area (Å²) in [6.45, 7) is 9.09. The standard InChI is InChI=1S/C33H29N2O.Ir/c1-21(2)26-18-24(23-12-6-5-7-13-23)19-27(22(3)4)32(26)35-30-16-10-9-15-29(30)34-33(35)28-20-36-31-17-11-8-14-25(28)31;/h5-19,21-22H,1-4H3;/q-1;. The molecule has 0 spiro atoms. The van der Waals surface area contributed by atoms with Gasteiger partial charge in [0.2, 0.25) is 0 Å². The van der Waals surface area contributed by atoms with Gasteiger partial charge in [-0.25, -0.2) is 0 Å². The summed E-state index contributed by atoms with van der Waals surface area (Å²) >= 11 is 0. The summed E-state index contributed by atoms with van der Waals surface area (Å²) in [7, 11) is 0. The maximum Gasteiger partial charge on any atom is 0.0774 e. The van der Waals surface area contributed by atoms with Gasteiger partial charge in [0, 0.05) is 37.6 Å². The van der Waals surface area contributed by atoms with Crippen molar-refractivity contribution in [3.8, 4) is 28.2 Å². The van der Waals surface area contributed by atoms with Gasteiger partial charge in [-0.1, -0.05) is 99.3 Å². The Morgan fingerprint density at radius 3 is 2.05 bits per heavy atom. The summed E-state index contributed by atoms with van der Waals surface area (Å²) in [6, 6.07) is 31.8. The first-order chi connectivity index (χ1) is 17.5. The summed E-state index contributed by atoms with van der Waals surface area (Å²) in [5.74, 6) is 1.50. The zero-order valence-electron chi connectivity index (χ0n) is 21.5. The second-order valence-electron chi connectivity index (χ2n) is 10.0. The van der Waals surface area contributed by atoms with Crippen molar-refractivity contribution in [3.05, 3.63) is 108 Å². The average molecular weight is 662 g/mol. The van der Waals surface area contributed by atoms with Crippen LogP contribution in [0.3, 0.4) is 0 Å². The van der Waals surface area contributed by atoms with Crippen molar-refractivity contribution in [2.24, 2.45) is 0 Å². The number of rotatable bonds is 5. The van der Waals surface area contributed by atoms with E-state index in [1.807, 2.05) is 24.3 Å². The largest absolute Gasteiger partial charge is 0.557 e. The fourth-order valence-electron chi connectivity index (χ4n) is 5.13. The number of fused-ring (bicyclic) bond motifs is 2. The van der Waals surface area contributed by atoms with E-state index in [9.17, 15) is 0 Å². The van der Waals surface area contributed by atoms with Crippen molar-refractivity contribution >= 4 is 22.0 Å².